The van der Waals surface area contributed by atoms with Crippen LogP contribution in [-0.4, -0.2) is 129 Å². The van der Waals surface area contributed by atoms with Crippen LogP contribution in [0.4, 0.5) is 0 Å². The Hall–Kier alpha value is -0.970. The molecule has 0 aromatic carbocycles. The van der Waals surface area contributed by atoms with Gasteiger partial charge in [0.25, 0.3) is 0 Å². The summed E-state index contributed by atoms with van der Waals surface area (Å²) in [7, 11) is 1.47. The molecule has 8 N–H and O–H groups in total. The molecule has 2 saturated heterocycles. The van der Waals surface area contributed by atoms with E-state index in [1.54, 1.807) is 0 Å². The molecule has 0 unspecified atom stereocenters. The molecule has 0 radical (unpaired) electrons. The molecule has 262 valence electrons. The number of aliphatic hydroxyl groups is 8. The summed E-state index contributed by atoms with van der Waals surface area (Å²) in [4.78, 5) is 10.9. The number of hydrogen-bond donors (Lipinski definition) is 8. The van der Waals surface area contributed by atoms with Gasteiger partial charge in [-0.25, -0.2) is 0 Å². The van der Waals surface area contributed by atoms with Gasteiger partial charge in [-0.05, 0) is 6.42 Å². The van der Waals surface area contributed by atoms with Gasteiger partial charge in [-0.15, -0.1) is 0 Å². The molecule has 2 rings (SSSR count). The molecular weight excluding hydrogens is 580 g/mol. The average Bonchev–Trinajstić information content (AvgIpc) is 3.28. The van der Waals surface area contributed by atoms with Crippen LogP contribution in [0.15, 0.2) is 0 Å². The highest BCUT2D eigenvalue weighted by Crippen LogP contribution is 2.35. The first kappa shape index (κ1) is 41.1. The Bertz CT molecular complexity index is 727. The number of carbonyl (C=O) groups excluding carboxylic acids is 1. The van der Waals surface area contributed by atoms with E-state index in [-0.39, 0.29) is 5.97 Å². The van der Waals surface area contributed by atoms with Crippen molar-refractivity contribution in [3.8, 4) is 0 Å². The molecule has 2 fully saturated rings. The number of aliphatic hydroxyl groups excluding tert-OH is 8. The Balaban J connectivity index is 0.000000443. The minimum absolute atomic E-state index is 0.0651. The summed E-state index contributed by atoms with van der Waals surface area (Å²) < 4.78 is 20.1. The second-order valence-electron chi connectivity index (χ2n) is 11.8. The second-order valence-corrected chi connectivity index (χ2v) is 11.8. The summed E-state index contributed by atoms with van der Waals surface area (Å²) in [5, 5.41) is 76.7. The van der Waals surface area contributed by atoms with E-state index in [2.05, 4.69) is 11.7 Å². The van der Waals surface area contributed by atoms with Gasteiger partial charge < -0.3 is 59.8 Å². The minimum atomic E-state index is -2.22. The van der Waals surface area contributed by atoms with Crippen molar-refractivity contribution in [1.29, 1.82) is 0 Å². The largest absolute Gasteiger partial charge is 0.469 e. The molecule has 0 aromatic heterocycles. The summed E-state index contributed by atoms with van der Waals surface area (Å²) in [5.74, 6) is -2.29. The maximum Gasteiger partial charge on any atom is 0.305 e. The second kappa shape index (κ2) is 23.4. The monoisotopic (exact) mass is 640 g/mol. The number of rotatable bonds is 21. The minimum Gasteiger partial charge on any atom is -0.469 e. The number of unbranched alkanes of at least 4 members (excludes halogenated alkanes) is 14. The zero-order chi connectivity index (χ0) is 33.0. The van der Waals surface area contributed by atoms with Gasteiger partial charge in [0.1, 0.15) is 49.3 Å². The molecule has 0 saturated carbocycles. The Morgan fingerprint density at radius 3 is 1.55 bits per heavy atom. The summed E-state index contributed by atoms with van der Waals surface area (Å²) in [6, 6.07) is 0. The Morgan fingerprint density at radius 2 is 1.14 bits per heavy atom. The standard InChI is InChI=1S/C19H38O2.C12H22O11/c1-3-4-5-6-7-8-9-10-11-12-13-14-15-16-17-18-19(20)21-2;13-1-4-6(16)8(18)9(19)11(21-4)23-12(3-15)10(20)7(17)5(2-14)22-12/h3-18H2,1-2H3;4-11,13-20H,1-3H2/t;4-,5-,6-,7-,8+,9-,10+,11-,12+/m.1/s1. The van der Waals surface area contributed by atoms with Gasteiger partial charge in [0, 0.05) is 6.42 Å². The Labute approximate surface area is 262 Å². The van der Waals surface area contributed by atoms with E-state index in [9.17, 15) is 35.4 Å². The average molecular weight is 641 g/mol. The van der Waals surface area contributed by atoms with Crippen molar-refractivity contribution in [3.05, 3.63) is 0 Å². The fraction of sp³-hybridized carbons (Fsp3) is 0.968. The molecular formula is C31H60O13. The van der Waals surface area contributed by atoms with Crippen molar-refractivity contribution < 1.29 is 64.6 Å². The predicted molar refractivity (Wildman–Crippen MR) is 160 cm³/mol. The molecule has 0 aromatic rings. The predicted octanol–water partition coefficient (Wildman–Crippen LogP) is 1.03. The molecule has 2 heterocycles. The zero-order valence-electron chi connectivity index (χ0n) is 26.7. The van der Waals surface area contributed by atoms with Gasteiger partial charge >= 0.3 is 5.97 Å². The molecule has 0 spiro atoms. The molecule has 2 aliphatic heterocycles. The molecule has 2 aliphatic rings. The van der Waals surface area contributed by atoms with E-state index >= 15 is 0 Å². The van der Waals surface area contributed by atoms with E-state index in [4.69, 9.17) is 24.4 Å². The van der Waals surface area contributed by atoms with Crippen molar-refractivity contribution >= 4 is 5.97 Å². The highest BCUT2D eigenvalue weighted by Gasteiger charge is 2.58. The van der Waals surface area contributed by atoms with Crippen LogP contribution in [0.2, 0.25) is 0 Å². The van der Waals surface area contributed by atoms with E-state index in [0.717, 1.165) is 6.42 Å². The molecule has 0 aliphatic carbocycles. The van der Waals surface area contributed by atoms with Crippen LogP contribution in [0.1, 0.15) is 110 Å². The quantitative estimate of drug-likeness (QED) is 0.0651. The Kier molecular flexibility index (Phi) is 21.8. The highest BCUT2D eigenvalue weighted by atomic mass is 16.8. The van der Waals surface area contributed by atoms with Crippen LogP contribution >= 0.6 is 0 Å². The van der Waals surface area contributed by atoms with Crippen molar-refractivity contribution in [1.82, 2.24) is 0 Å². The van der Waals surface area contributed by atoms with Gasteiger partial charge in [0.05, 0.1) is 20.3 Å². The maximum atomic E-state index is 10.9. The highest BCUT2D eigenvalue weighted by molar-refractivity contribution is 5.68. The van der Waals surface area contributed by atoms with Crippen LogP contribution in [0.5, 0.6) is 0 Å². The number of ether oxygens (including phenoxy) is 4. The first-order chi connectivity index (χ1) is 21.1. The lowest BCUT2D eigenvalue weighted by atomic mass is 9.99. The van der Waals surface area contributed by atoms with Gasteiger partial charge in [0.15, 0.2) is 6.29 Å². The lowest BCUT2D eigenvalue weighted by molar-refractivity contribution is -0.383. The van der Waals surface area contributed by atoms with Crippen LogP contribution in [0.25, 0.3) is 0 Å². The molecule has 9 atom stereocenters. The summed E-state index contributed by atoms with van der Waals surface area (Å²) in [6.07, 6.45) is 8.28. The van der Waals surface area contributed by atoms with E-state index in [1.165, 1.54) is 97.0 Å². The smallest absolute Gasteiger partial charge is 0.305 e. The van der Waals surface area contributed by atoms with Gasteiger partial charge in [-0.2, -0.15) is 0 Å². The van der Waals surface area contributed by atoms with Crippen LogP contribution < -0.4 is 0 Å². The van der Waals surface area contributed by atoms with Crippen LogP contribution in [0, 0.1) is 0 Å². The molecule has 44 heavy (non-hydrogen) atoms. The van der Waals surface area contributed by atoms with Gasteiger partial charge in [-0.1, -0.05) is 96.8 Å². The summed E-state index contributed by atoms with van der Waals surface area (Å²) >= 11 is 0. The normalized spacial score (nSPS) is 31.9. The SMILES string of the molecule is CCCCCCCCCCCCCCCCCC(=O)OC.OC[C@H]1O[C@@](CO)(O[C@H]2O[C@H](CO)[C@@H](O)[C@H](O)[C@H]2O)[C@@H](O)[C@@H]1O. The Morgan fingerprint density at radius 1 is 0.659 bits per heavy atom. The first-order valence-corrected chi connectivity index (χ1v) is 16.4. The lowest BCUT2D eigenvalue weighted by Crippen LogP contribution is -2.62. The van der Waals surface area contributed by atoms with Crippen LogP contribution in [-0.2, 0) is 23.7 Å². The zero-order valence-corrected chi connectivity index (χ0v) is 26.7. The number of methoxy groups -OCH3 is 1. The third-order valence-corrected chi connectivity index (χ3v) is 8.28. The lowest BCUT2D eigenvalue weighted by Gasteiger charge is -2.43. The number of esters is 1. The summed E-state index contributed by atoms with van der Waals surface area (Å²) in [5.41, 5.74) is 0. The third-order valence-electron chi connectivity index (χ3n) is 8.28. The molecule has 13 nitrogen and oxygen atoms in total. The van der Waals surface area contributed by atoms with E-state index in [1.807, 2.05) is 0 Å². The van der Waals surface area contributed by atoms with E-state index < -0.39 is 74.6 Å². The molecule has 13 heteroatoms. The fourth-order valence-corrected chi connectivity index (χ4v) is 5.37. The number of carbonyl (C=O) groups is 1. The topological polar surface area (TPSA) is 216 Å². The summed E-state index contributed by atoms with van der Waals surface area (Å²) in [6.45, 7) is -0.0455. The van der Waals surface area contributed by atoms with Crippen molar-refractivity contribution in [2.75, 3.05) is 26.9 Å². The van der Waals surface area contributed by atoms with E-state index in [0.29, 0.717) is 6.42 Å². The van der Waals surface area contributed by atoms with Crippen LogP contribution in [0.3, 0.4) is 0 Å². The van der Waals surface area contributed by atoms with Crippen molar-refractivity contribution in [2.24, 2.45) is 0 Å². The van der Waals surface area contributed by atoms with Gasteiger partial charge in [0.2, 0.25) is 5.79 Å². The maximum absolute atomic E-state index is 10.9. The third kappa shape index (κ3) is 13.8. The fourth-order valence-electron chi connectivity index (χ4n) is 5.37. The van der Waals surface area contributed by atoms with Gasteiger partial charge in [-0.3, -0.25) is 4.79 Å². The number of hydrogen-bond acceptors (Lipinski definition) is 13. The molecule has 0 bridgehead atoms. The van der Waals surface area contributed by atoms with Crippen molar-refractivity contribution in [2.45, 2.75) is 164 Å². The molecule has 0 amide bonds. The van der Waals surface area contributed by atoms with Crippen molar-refractivity contribution in [3.63, 3.8) is 0 Å². The first-order valence-electron chi connectivity index (χ1n) is 16.4.